The molecule has 6 heteroatoms. The lowest BCUT2D eigenvalue weighted by Crippen LogP contribution is -2.41. The smallest absolute Gasteiger partial charge is 0.321 e. The molecule has 0 unspecified atom stereocenters. The summed E-state index contributed by atoms with van der Waals surface area (Å²) >= 11 is 0. The van der Waals surface area contributed by atoms with Crippen LogP contribution in [0.25, 0.3) is 0 Å². The molecule has 6 nitrogen and oxygen atoms in total. The van der Waals surface area contributed by atoms with E-state index in [2.05, 4.69) is 29.6 Å². The van der Waals surface area contributed by atoms with Crippen molar-refractivity contribution in [2.75, 3.05) is 23.3 Å². The van der Waals surface area contributed by atoms with E-state index in [9.17, 15) is 14.4 Å². The number of imide groups is 1. The van der Waals surface area contributed by atoms with Gasteiger partial charge in [-0.3, -0.25) is 14.5 Å². The number of urea groups is 1. The summed E-state index contributed by atoms with van der Waals surface area (Å²) in [6.07, 6.45) is 4.46. The van der Waals surface area contributed by atoms with Gasteiger partial charge in [-0.25, -0.2) is 4.79 Å². The maximum Gasteiger partial charge on any atom is 0.321 e. The number of nitrogens with one attached hydrogen (secondary N) is 1. The molecular weight excluding hydrogens is 378 g/mol. The van der Waals surface area contributed by atoms with Gasteiger partial charge >= 0.3 is 6.03 Å². The quantitative estimate of drug-likeness (QED) is 0.775. The zero-order valence-electron chi connectivity index (χ0n) is 17.0. The molecule has 1 N–H and O–H groups in total. The Morgan fingerprint density at radius 1 is 0.900 bits per heavy atom. The zero-order valence-corrected chi connectivity index (χ0v) is 17.0. The Hall–Kier alpha value is -3.15. The van der Waals surface area contributed by atoms with Crippen molar-refractivity contribution in [3.8, 4) is 0 Å². The number of piperidine rings is 2. The summed E-state index contributed by atoms with van der Waals surface area (Å²) in [5.41, 5.74) is 2.57. The van der Waals surface area contributed by atoms with E-state index in [1.165, 1.54) is 10.5 Å². The van der Waals surface area contributed by atoms with Crippen LogP contribution in [-0.4, -0.2) is 35.8 Å². The molecule has 2 heterocycles. The highest BCUT2D eigenvalue weighted by Crippen LogP contribution is 2.25. The fraction of sp³-hybridized carbons (Fsp3) is 0.375. The molecule has 0 saturated carbocycles. The normalized spacial score (nSPS) is 17.9. The standard InChI is InChI=1S/C24H27N3O3/c28-22-7-4-8-23(29)27(22)21-11-9-20(10-12-21)25-24(30)26-15-13-19(14-16-26)17-18-5-2-1-3-6-18/h1-3,5-6,9-12,19H,4,7-8,13-17H2,(H,25,30). The van der Waals surface area contributed by atoms with Crippen LogP contribution < -0.4 is 10.2 Å². The third-order valence-electron chi connectivity index (χ3n) is 5.93. The van der Waals surface area contributed by atoms with Crippen molar-refractivity contribution in [2.45, 2.75) is 38.5 Å². The van der Waals surface area contributed by atoms with Crippen molar-refractivity contribution < 1.29 is 14.4 Å². The van der Waals surface area contributed by atoms with Crippen LogP contribution >= 0.6 is 0 Å². The number of hydrogen-bond acceptors (Lipinski definition) is 3. The molecule has 2 saturated heterocycles. The van der Waals surface area contributed by atoms with E-state index in [-0.39, 0.29) is 17.8 Å². The predicted molar refractivity (Wildman–Crippen MR) is 116 cm³/mol. The summed E-state index contributed by atoms with van der Waals surface area (Å²) in [6.45, 7) is 1.50. The summed E-state index contributed by atoms with van der Waals surface area (Å²) in [7, 11) is 0. The Balaban J connectivity index is 1.29. The van der Waals surface area contributed by atoms with Gasteiger partial charge in [-0.2, -0.15) is 0 Å². The molecule has 0 bridgehead atoms. The molecule has 30 heavy (non-hydrogen) atoms. The van der Waals surface area contributed by atoms with Crippen LogP contribution in [0.5, 0.6) is 0 Å². The van der Waals surface area contributed by atoms with Gasteiger partial charge in [0.15, 0.2) is 0 Å². The van der Waals surface area contributed by atoms with Crippen LogP contribution in [0.15, 0.2) is 54.6 Å². The van der Waals surface area contributed by atoms with Gasteiger partial charge in [0.25, 0.3) is 0 Å². The topological polar surface area (TPSA) is 69.7 Å². The van der Waals surface area contributed by atoms with Gasteiger partial charge in [0.1, 0.15) is 0 Å². The Morgan fingerprint density at radius 2 is 1.53 bits per heavy atom. The van der Waals surface area contributed by atoms with E-state index in [4.69, 9.17) is 0 Å². The van der Waals surface area contributed by atoms with Crippen molar-refractivity contribution in [2.24, 2.45) is 5.92 Å². The minimum atomic E-state index is -0.165. The average Bonchev–Trinajstić information content (AvgIpc) is 2.76. The van der Waals surface area contributed by atoms with E-state index in [1.54, 1.807) is 24.3 Å². The second-order valence-electron chi connectivity index (χ2n) is 8.07. The van der Waals surface area contributed by atoms with Gasteiger partial charge in [-0.05, 0) is 61.4 Å². The fourth-order valence-corrected chi connectivity index (χ4v) is 4.23. The highest BCUT2D eigenvalue weighted by atomic mass is 16.2. The van der Waals surface area contributed by atoms with Crippen molar-refractivity contribution in [3.05, 3.63) is 60.2 Å². The van der Waals surface area contributed by atoms with Crippen LogP contribution in [0.1, 0.15) is 37.7 Å². The first-order valence-corrected chi connectivity index (χ1v) is 10.7. The average molecular weight is 405 g/mol. The number of benzene rings is 2. The van der Waals surface area contributed by atoms with Gasteiger partial charge in [0.05, 0.1) is 5.69 Å². The monoisotopic (exact) mass is 405 g/mol. The number of nitrogens with zero attached hydrogens (tertiary/aromatic N) is 2. The van der Waals surface area contributed by atoms with Crippen LogP contribution in [0.3, 0.4) is 0 Å². The van der Waals surface area contributed by atoms with Gasteiger partial charge in [0.2, 0.25) is 11.8 Å². The summed E-state index contributed by atoms with van der Waals surface area (Å²) in [5, 5.41) is 2.93. The summed E-state index contributed by atoms with van der Waals surface area (Å²) in [5.74, 6) is 0.276. The molecule has 2 aliphatic rings. The third-order valence-corrected chi connectivity index (χ3v) is 5.93. The first-order valence-electron chi connectivity index (χ1n) is 10.7. The molecule has 2 aromatic rings. The molecule has 0 atom stereocenters. The van der Waals surface area contributed by atoms with E-state index < -0.39 is 0 Å². The largest absolute Gasteiger partial charge is 0.325 e. The lowest BCUT2D eigenvalue weighted by Gasteiger charge is -2.32. The van der Waals surface area contributed by atoms with Gasteiger partial charge in [0, 0.05) is 31.6 Å². The van der Waals surface area contributed by atoms with E-state index in [0.717, 1.165) is 32.4 Å². The molecule has 0 aromatic heterocycles. The number of amides is 4. The van der Waals surface area contributed by atoms with Crippen LogP contribution in [0.2, 0.25) is 0 Å². The lowest BCUT2D eigenvalue weighted by atomic mass is 9.90. The maximum absolute atomic E-state index is 12.6. The van der Waals surface area contributed by atoms with Gasteiger partial charge in [-0.15, -0.1) is 0 Å². The van der Waals surface area contributed by atoms with Crippen molar-refractivity contribution in [1.82, 2.24) is 4.90 Å². The Morgan fingerprint density at radius 3 is 2.17 bits per heavy atom. The molecular formula is C24H27N3O3. The Kier molecular flexibility index (Phi) is 6.12. The summed E-state index contributed by atoms with van der Waals surface area (Å²) in [6, 6.07) is 17.3. The highest BCUT2D eigenvalue weighted by Gasteiger charge is 2.27. The molecule has 2 aliphatic heterocycles. The number of rotatable bonds is 4. The first kappa shape index (κ1) is 20.1. The molecule has 0 aliphatic carbocycles. The first-order chi connectivity index (χ1) is 14.6. The molecule has 0 radical (unpaired) electrons. The molecule has 2 aromatic carbocycles. The van der Waals surface area contributed by atoms with Gasteiger partial charge < -0.3 is 10.2 Å². The Bertz CT molecular complexity index is 887. The van der Waals surface area contributed by atoms with Gasteiger partial charge in [-0.1, -0.05) is 30.3 Å². The highest BCUT2D eigenvalue weighted by molar-refractivity contribution is 6.16. The van der Waals surface area contributed by atoms with Crippen LogP contribution in [0, 0.1) is 5.92 Å². The van der Waals surface area contributed by atoms with Crippen molar-refractivity contribution in [3.63, 3.8) is 0 Å². The number of carbonyl (C=O) groups is 3. The summed E-state index contributed by atoms with van der Waals surface area (Å²) in [4.78, 5) is 39.8. The molecule has 2 fully saturated rings. The number of anilines is 2. The SMILES string of the molecule is O=C(Nc1ccc(N2C(=O)CCCC2=O)cc1)N1CCC(Cc2ccccc2)CC1. The predicted octanol–water partition coefficient (Wildman–Crippen LogP) is 4.22. The third kappa shape index (κ3) is 4.70. The minimum Gasteiger partial charge on any atom is -0.325 e. The number of hydrogen-bond donors (Lipinski definition) is 1. The van der Waals surface area contributed by atoms with Crippen molar-refractivity contribution in [1.29, 1.82) is 0 Å². The summed E-state index contributed by atoms with van der Waals surface area (Å²) < 4.78 is 0. The maximum atomic E-state index is 12.6. The van der Waals surface area contributed by atoms with Crippen LogP contribution in [-0.2, 0) is 16.0 Å². The molecule has 156 valence electrons. The van der Waals surface area contributed by atoms with E-state index >= 15 is 0 Å². The Labute approximate surface area is 176 Å². The van der Waals surface area contributed by atoms with E-state index in [0.29, 0.717) is 36.6 Å². The van der Waals surface area contributed by atoms with Crippen molar-refractivity contribution >= 4 is 29.2 Å². The number of likely N-dealkylation sites (tertiary alicyclic amines) is 1. The molecule has 0 spiro atoms. The second-order valence-corrected chi connectivity index (χ2v) is 8.07. The fourth-order valence-electron chi connectivity index (χ4n) is 4.23. The molecule has 4 rings (SSSR count). The van der Waals surface area contributed by atoms with E-state index in [1.807, 2.05) is 11.0 Å². The minimum absolute atomic E-state index is 0.106. The second kappa shape index (κ2) is 9.11. The van der Waals surface area contributed by atoms with Crippen LogP contribution in [0.4, 0.5) is 16.2 Å². The zero-order chi connectivity index (χ0) is 20.9. The number of carbonyl (C=O) groups excluding carboxylic acids is 3. The molecule has 4 amide bonds. The lowest BCUT2D eigenvalue weighted by molar-refractivity contribution is -0.129.